The van der Waals surface area contributed by atoms with Gasteiger partial charge < -0.3 is 9.80 Å². The molecule has 10 aromatic rings. The molecule has 1 aliphatic heterocycles. The van der Waals surface area contributed by atoms with Crippen molar-refractivity contribution in [3.63, 3.8) is 0 Å². The van der Waals surface area contributed by atoms with Crippen molar-refractivity contribution in [1.82, 2.24) is 0 Å². The summed E-state index contributed by atoms with van der Waals surface area (Å²) in [6.45, 7) is 14.4. The first-order chi connectivity index (χ1) is 32.5. The van der Waals surface area contributed by atoms with Crippen molar-refractivity contribution in [2.45, 2.75) is 57.8 Å². The first-order valence-electron chi connectivity index (χ1n) is 23.8. The van der Waals surface area contributed by atoms with Gasteiger partial charge in [-0.3, -0.25) is 0 Å². The van der Waals surface area contributed by atoms with E-state index in [9.17, 15) is 0 Å². The molecule has 322 valence electrons. The Balaban J connectivity index is 1.06. The zero-order valence-electron chi connectivity index (χ0n) is 39.0. The number of para-hydroxylation sites is 1. The molecule has 0 radical (unpaired) electrons. The van der Waals surface area contributed by atoms with E-state index in [4.69, 9.17) is 0 Å². The Hall–Kier alpha value is -7.68. The highest BCUT2D eigenvalue weighted by Gasteiger charge is 2.41. The van der Waals surface area contributed by atoms with E-state index >= 15 is 0 Å². The summed E-state index contributed by atoms with van der Waals surface area (Å²) in [6.07, 6.45) is 0. The van der Waals surface area contributed by atoms with Crippen LogP contribution in [0, 0.1) is 0 Å². The number of nitrogens with zero attached hydrogens (tertiary/aromatic N) is 2. The third-order valence-corrected chi connectivity index (χ3v) is 15.8. The summed E-state index contributed by atoms with van der Waals surface area (Å²) in [5.74, 6) is 0. The number of hydrogen-bond donors (Lipinski definition) is 0. The minimum absolute atomic E-state index is 0.141. The zero-order chi connectivity index (χ0) is 45.4. The third-order valence-electron chi connectivity index (χ3n) is 15.8. The van der Waals surface area contributed by atoms with Crippen molar-refractivity contribution in [3.05, 3.63) is 240 Å². The van der Waals surface area contributed by atoms with Crippen molar-refractivity contribution < 1.29 is 0 Å². The van der Waals surface area contributed by atoms with E-state index in [1.54, 1.807) is 0 Å². The molecule has 3 aliphatic rings. The lowest BCUT2D eigenvalue weighted by Gasteiger charge is -2.43. The Morgan fingerprint density at radius 2 is 0.716 bits per heavy atom. The van der Waals surface area contributed by atoms with Crippen LogP contribution in [0.4, 0.5) is 34.1 Å². The van der Waals surface area contributed by atoms with Gasteiger partial charge in [-0.2, -0.15) is 0 Å². The molecule has 0 N–H and O–H groups in total. The summed E-state index contributed by atoms with van der Waals surface area (Å²) in [5.41, 5.74) is 22.3. The van der Waals surface area contributed by atoms with Gasteiger partial charge in [-0.25, -0.2) is 0 Å². The predicted octanol–water partition coefficient (Wildman–Crippen LogP) is 17.9. The predicted molar refractivity (Wildman–Crippen MR) is 284 cm³/mol. The van der Waals surface area contributed by atoms with E-state index in [1.807, 2.05) is 0 Å². The first-order valence-corrected chi connectivity index (χ1v) is 23.8. The van der Waals surface area contributed by atoms with Crippen molar-refractivity contribution in [2.24, 2.45) is 0 Å². The summed E-state index contributed by atoms with van der Waals surface area (Å²) < 4.78 is 0. The van der Waals surface area contributed by atoms with Crippen LogP contribution in [0.3, 0.4) is 0 Å². The highest BCUT2D eigenvalue weighted by atomic mass is 15.2. The molecule has 13 rings (SSSR count). The van der Waals surface area contributed by atoms with Gasteiger partial charge in [-0.1, -0.05) is 199 Å². The van der Waals surface area contributed by atoms with Crippen LogP contribution in [0.2, 0.25) is 0 Å². The molecule has 0 atom stereocenters. The molecule has 0 aromatic heterocycles. The summed E-state index contributed by atoms with van der Waals surface area (Å²) in [5, 5.41) is 4.93. The van der Waals surface area contributed by atoms with Gasteiger partial charge in [0.25, 0.3) is 0 Å². The molecule has 1 heterocycles. The monoisotopic (exact) mass is 860 g/mol. The average molecular weight is 861 g/mol. The standard InChI is InChI=1S/C65H52N2/c1-63(2)54-26-13-11-23-49(54)51-35-31-43(38-57(51)63)66(44-32-36-52-50-24-12-14-27-55(50)64(3,4)58(52)39-44)45-33-37-61-59(40-45)65(5,6)56-28-15-16-29-60(56)67(61)62-47-22-10-8-19-42(47)30-34-53(62)48-25-17-20-41-18-7-9-21-46(41)48/h7-40H,1-6H3. The fourth-order valence-corrected chi connectivity index (χ4v) is 12.4. The van der Waals surface area contributed by atoms with E-state index < -0.39 is 0 Å². The fourth-order valence-electron chi connectivity index (χ4n) is 12.4. The summed E-state index contributed by atoms with van der Waals surface area (Å²) in [7, 11) is 0. The van der Waals surface area contributed by atoms with E-state index in [0.717, 1.165) is 17.1 Å². The average Bonchev–Trinajstić information content (AvgIpc) is 3.73. The molecule has 0 saturated heterocycles. The van der Waals surface area contributed by atoms with Crippen LogP contribution in [0.5, 0.6) is 0 Å². The van der Waals surface area contributed by atoms with Crippen LogP contribution in [-0.2, 0) is 16.2 Å². The summed E-state index contributed by atoms with van der Waals surface area (Å²) in [6, 6.07) is 77.7. The SMILES string of the molecule is CC1(C)c2ccccc2-c2ccc(N(c3ccc4c(c3)C(C)(C)c3ccccc3-4)c3ccc4c(c3)C(C)(C)c3ccccc3N4c3c(-c4cccc5ccccc45)ccc4ccccc34)cc21. The smallest absolute Gasteiger partial charge is 0.0618 e. The van der Waals surface area contributed by atoms with Gasteiger partial charge in [0.2, 0.25) is 0 Å². The van der Waals surface area contributed by atoms with Crippen molar-refractivity contribution in [2.75, 3.05) is 9.80 Å². The second kappa shape index (κ2) is 14.2. The van der Waals surface area contributed by atoms with Crippen molar-refractivity contribution >= 4 is 55.7 Å². The van der Waals surface area contributed by atoms with Crippen LogP contribution < -0.4 is 9.80 Å². The lowest BCUT2D eigenvalue weighted by atomic mass is 9.73. The number of hydrogen-bond acceptors (Lipinski definition) is 2. The Morgan fingerprint density at radius 1 is 0.299 bits per heavy atom. The number of anilines is 6. The second-order valence-electron chi connectivity index (χ2n) is 20.5. The number of benzene rings is 10. The quantitative estimate of drug-likeness (QED) is 0.170. The molecule has 2 nitrogen and oxygen atoms in total. The van der Waals surface area contributed by atoms with Gasteiger partial charge >= 0.3 is 0 Å². The fraction of sp³-hybridized carbons (Fsp3) is 0.138. The Kier molecular flexibility index (Phi) is 8.38. The van der Waals surface area contributed by atoms with Gasteiger partial charge in [0.05, 0.1) is 17.1 Å². The molecule has 67 heavy (non-hydrogen) atoms. The summed E-state index contributed by atoms with van der Waals surface area (Å²) in [4.78, 5) is 5.10. The highest BCUT2D eigenvalue weighted by Crippen LogP contribution is 2.58. The lowest BCUT2D eigenvalue weighted by Crippen LogP contribution is -2.31. The highest BCUT2D eigenvalue weighted by molar-refractivity contribution is 6.11. The Morgan fingerprint density at radius 3 is 1.36 bits per heavy atom. The summed E-state index contributed by atoms with van der Waals surface area (Å²) >= 11 is 0. The minimum Gasteiger partial charge on any atom is -0.310 e. The van der Waals surface area contributed by atoms with Crippen LogP contribution in [0.1, 0.15) is 74.9 Å². The second-order valence-corrected chi connectivity index (χ2v) is 20.5. The van der Waals surface area contributed by atoms with Gasteiger partial charge in [0.15, 0.2) is 0 Å². The van der Waals surface area contributed by atoms with Crippen molar-refractivity contribution in [1.29, 1.82) is 0 Å². The van der Waals surface area contributed by atoms with Gasteiger partial charge in [-0.15, -0.1) is 0 Å². The third kappa shape index (κ3) is 5.63. The molecule has 2 aliphatic carbocycles. The molecule has 0 saturated carbocycles. The maximum absolute atomic E-state index is 2.58. The number of fused-ring (bicyclic) bond motifs is 10. The molecule has 0 unspecified atom stereocenters. The van der Waals surface area contributed by atoms with Gasteiger partial charge in [-0.05, 0) is 126 Å². The van der Waals surface area contributed by atoms with E-state index in [1.165, 1.54) is 105 Å². The number of rotatable bonds is 5. The maximum atomic E-state index is 2.58. The molecule has 2 heteroatoms. The lowest BCUT2D eigenvalue weighted by molar-refractivity contribution is 0.632. The largest absolute Gasteiger partial charge is 0.310 e. The maximum Gasteiger partial charge on any atom is 0.0618 e. The normalized spacial score (nSPS) is 15.3. The van der Waals surface area contributed by atoms with Crippen molar-refractivity contribution in [3.8, 4) is 33.4 Å². The molecule has 0 fully saturated rings. The topological polar surface area (TPSA) is 6.48 Å². The molecular formula is C65H52N2. The van der Waals surface area contributed by atoms with Crippen LogP contribution in [-0.4, -0.2) is 0 Å². The Labute approximate surface area is 394 Å². The first kappa shape index (κ1) is 39.7. The molecule has 0 spiro atoms. The van der Waals surface area contributed by atoms with E-state index in [0.29, 0.717) is 0 Å². The minimum atomic E-state index is -0.322. The van der Waals surface area contributed by atoms with E-state index in [-0.39, 0.29) is 16.2 Å². The molecule has 0 amide bonds. The molecule has 0 bridgehead atoms. The molecular weight excluding hydrogens is 809 g/mol. The zero-order valence-corrected chi connectivity index (χ0v) is 39.0. The van der Waals surface area contributed by atoms with Crippen LogP contribution in [0.25, 0.3) is 54.9 Å². The van der Waals surface area contributed by atoms with Crippen LogP contribution in [0.15, 0.2) is 206 Å². The Bertz CT molecular complexity index is 3580. The van der Waals surface area contributed by atoms with Crippen LogP contribution >= 0.6 is 0 Å². The molecule has 10 aromatic carbocycles. The van der Waals surface area contributed by atoms with E-state index in [2.05, 4.69) is 258 Å². The van der Waals surface area contributed by atoms with Gasteiger partial charge in [0, 0.05) is 44.3 Å². The van der Waals surface area contributed by atoms with Gasteiger partial charge in [0.1, 0.15) is 0 Å².